The second kappa shape index (κ2) is 4.98. The monoisotopic (exact) mass is 283 g/mol. The molecule has 0 atom stereocenters. The second-order valence-corrected chi connectivity index (χ2v) is 5.53. The molecule has 0 saturated heterocycles. The molecule has 0 fully saturated rings. The van der Waals surface area contributed by atoms with Crippen molar-refractivity contribution < 1.29 is 17.6 Å². The number of primary sulfonamides is 1. The van der Waals surface area contributed by atoms with Crippen LogP contribution in [0.3, 0.4) is 0 Å². The standard InChI is InChI=1S/C11H13N3O4S/c1-7-3-4-9(10(5-7)19(12,15)16)17-6-11-14-13-8(2)18-11/h3-5H,6H2,1-2H3,(H2,12,15,16). The predicted octanol–water partition coefficient (Wildman–Crippen LogP) is 0.913. The van der Waals surface area contributed by atoms with E-state index >= 15 is 0 Å². The summed E-state index contributed by atoms with van der Waals surface area (Å²) in [6, 6.07) is 4.71. The Balaban J connectivity index is 2.25. The Hall–Kier alpha value is -1.93. The van der Waals surface area contributed by atoms with E-state index in [-0.39, 0.29) is 23.1 Å². The molecule has 8 heteroatoms. The van der Waals surface area contributed by atoms with E-state index in [0.29, 0.717) is 5.89 Å². The third-order valence-corrected chi connectivity index (χ3v) is 3.26. The van der Waals surface area contributed by atoms with Crippen molar-refractivity contribution in [2.24, 2.45) is 5.14 Å². The van der Waals surface area contributed by atoms with Gasteiger partial charge in [-0.1, -0.05) is 6.07 Å². The molecule has 2 aromatic rings. The number of rotatable bonds is 4. The van der Waals surface area contributed by atoms with Gasteiger partial charge in [0.15, 0.2) is 6.61 Å². The number of benzene rings is 1. The molecule has 7 nitrogen and oxygen atoms in total. The summed E-state index contributed by atoms with van der Waals surface area (Å²) in [7, 11) is -3.85. The highest BCUT2D eigenvalue weighted by atomic mass is 32.2. The van der Waals surface area contributed by atoms with Crippen molar-refractivity contribution in [1.82, 2.24) is 10.2 Å². The van der Waals surface area contributed by atoms with Gasteiger partial charge in [-0.25, -0.2) is 13.6 Å². The van der Waals surface area contributed by atoms with E-state index in [1.54, 1.807) is 19.9 Å². The molecule has 1 aromatic heterocycles. The molecular weight excluding hydrogens is 270 g/mol. The summed E-state index contributed by atoms with van der Waals surface area (Å²) in [6.07, 6.45) is 0. The van der Waals surface area contributed by atoms with Crippen LogP contribution in [0.25, 0.3) is 0 Å². The summed E-state index contributed by atoms with van der Waals surface area (Å²) in [5.41, 5.74) is 0.769. The maximum atomic E-state index is 11.5. The Bertz CT molecular complexity index is 694. The third-order valence-electron chi connectivity index (χ3n) is 2.32. The van der Waals surface area contributed by atoms with Crippen molar-refractivity contribution in [3.63, 3.8) is 0 Å². The number of hydrogen-bond donors (Lipinski definition) is 1. The predicted molar refractivity (Wildman–Crippen MR) is 65.9 cm³/mol. The molecule has 19 heavy (non-hydrogen) atoms. The Morgan fingerprint density at radius 3 is 2.63 bits per heavy atom. The van der Waals surface area contributed by atoms with Crippen LogP contribution in [0, 0.1) is 13.8 Å². The molecule has 2 rings (SSSR count). The Morgan fingerprint density at radius 2 is 2.05 bits per heavy atom. The second-order valence-electron chi connectivity index (χ2n) is 4.00. The number of nitrogens with zero attached hydrogens (tertiary/aromatic N) is 2. The van der Waals surface area contributed by atoms with Crippen LogP contribution < -0.4 is 9.88 Å². The number of hydrogen-bond acceptors (Lipinski definition) is 6. The highest BCUT2D eigenvalue weighted by molar-refractivity contribution is 7.89. The first-order valence-corrected chi connectivity index (χ1v) is 6.96. The fourth-order valence-electron chi connectivity index (χ4n) is 1.49. The lowest BCUT2D eigenvalue weighted by molar-refractivity contribution is 0.254. The molecule has 0 unspecified atom stereocenters. The summed E-state index contributed by atoms with van der Waals surface area (Å²) in [5.74, 6) is 0.830. The maximum Gasteiger partial charge on any atom is 0.253 e. The van der Waals surface area contributed by atoms with Crippen molar-refractivity contribution in [2.45, 2.75) is 25.3 Å². The summed E-state index contributed by atoms with van der Waals surface area (Å²) < 4.78 is 33.4. The molecular formula is C11H13N3O4S. The molecule has 2 N–H and O–H groups in total. The third kappa shape index (κ3) is 3.30. The van der Waals surface area contributed by atoms with Gasteiger partial charge in [-0.15, -0.1) is 10.2 Å². The largest absolute Gasteiger partial charge is 0.482 e. The molecule has 1 aromatic carbocycles. The average Bonchev–Trinajstić information content (AvgIpc) is 2.72. The lowest BCUT2D eigenvalue weighted by Gasteiger charge is -2.09. The van der Waals surface area contributed by atoms with Gasteiger partial charge in [-0.05, 0) is 24.6 Å². The Kier molecular flexibility index (Phi) is 3.54. The van der Waals surface area contributed by atoms with E-state index in [1.807, 2.05) is 0 Å². The van der Waals surface area contributed by atoms with Crippen LogP contribution >= 0.6 is 0 Å². The van der Waals surface area contributed by atoms with E-state index in [0.717, 1.165) is 5.56 Å². The first kappa shape index (κ1) is 13.5. The number of aryl methyl sites for hydroxylation is 2. The van der Waals surface area contributed by atoms with Crippen molar-refractivity contribution in [3.8, 4) is 5.75 Å². The van der Waals surface area contributed by atoms with Gasteiger partial charge in [0, 0.05) is 6.92 Å². The summed E-state index contributed by atoms with van der Waals surface area (Å²) in [4.78, 5) is -0.0660. The normalized spacial score (nSPS) is 11.5. The van der Waals surface area contributed by atoms with E-state index in [4.69, 9.17) is 14.3 Å². The Labute approximate surface area is 110 Å². The number of aromatic nitrogens is 2. The maximum absolute atomic E-state index is 11.5. The first-order chi connectivity index (χ1) is 8.86. The minimum absolute atomic E-state index is 0.0214. The topological polar surface area (TPSA) is 108 Å². The van der Waals surface area contributed by atoms with E-state index < -0.39 is 10.0 Å². The zero-order chi connectivity index (χ0) is 14.0. The highest BCUT2D eigenvalue weighted by Gasteiger charge is 2.16. The summed E-state index contributed by atoms with van der Waals surface area (Å²) >= 11 is 0. The van der Waals surface area contributed by atoms with Crippen molar-refractivity contribution >= 4 is 10.0 Å². The summed E-state index contributed by atoms with van der Waals surface area (Å²) in [6.45, 7) is 3.39. The van der Waals surface area contributed by atoms with Gasteiger partial charge in [0.1, 0.15) is 10.6 Å². The average molecular weight is 283 g/mol. The fourth-order valence-corrected chi connectivity index (χ4v) is 2.25. The number of nitrogens with two attached hydrogens (primary N) is 1. The molecule has 0 aliphatic rings. The van der Waals surface area contributed by atoms with Crippen molar-refractivity contribution in [2.75, 3.05) is 0 Å². The molecule has 0 saturated carbocycles. The zero-order valence-electron chi connectivity index (χ0n) is 10.5. The first-order valence-electron chi connectivity index (χ1n) is 5.41. The number of sulfonamides is 1. The van der Waals surface area contributed by atoms with Gasteiger partial charge >= 0.3 is 0 Å². The minimum atomic E-state index is -3.85. The van der Waals surface area contributed by atoms with E-state index in [1.165, 1.54) is 12.1 Å². The van der Waals surface area contributed by atoms with Crippen LogP contribution in [-0.4, -0.2) is 18.6 Å². The molecule has 1 heterocycles. The molecule has 102 valence electrons. The number of ether oxygens (including phenoxy) is 1. The van der Waals surface area contributed by atoms with Gasteiger partial charge in [0.2, 0.25) is 15.9 Å². The lowest BCUT2D eigenvalue weighted by atomic mass is 10.2. The van der Waals surface area contributed by atoms with Crippen LogP contribution in [0.4, 0.5) is 0 Å². The molecule has 0 amide bonds. The van der Waals surface area contributed by atoms with Crippen LogP contribution in [0.1, 0.15) is 17.3 Å². The molecule has 0 spiro atoms. The van der Waals surface area contributed by atoms with Gasteiger partial charge in [0.05, 0.1) is 0 Å². The highest BCUT2D eigenvalue weighted by Crippen LogP contribution is 2.24. The minimum Gasteiger partial charge on any atom is -0.482 e. The molecule has 0 aliphatic heterocycles. The van der Waals surface area contributed by atoms with Crippen LogP contribution in [-0.2, 0) is 16.6 Å². The molecule has 0 aliphatic carbocycles. The summed E-state index contributed by atoms with van der Waals surface area (Å²) in [5, 5.41) is 12.5. The van der Waals surface area contributed by atoms with Crippen LogP contribution in [0.15, 0.2) is 27.5 Å². The van der Waals surface area contributed by atoms with Crippen LogP contribution in [0.5, 0.6) is 5.75 Å². The zero-order valence-corrected chi connectivity index (χ0v) is 11.3. The smallest absolute Gasteiger partial charge is 0.253 e. The van der Waals surface area contributed by atoms with E-state index in [2.05, 4.69) is 10.2 Å². The quantitative estimate of drug-likeness (QED) is 0.893. The molecule has 0 radical (unpaired) electrons. The van der Waals surface area contributed by atoms with Gasteiger partial charge in [0.25, 0.3) is 5.89 Å². The van der Waals surface area contributed by atoms with Crippen molar-refractivity contribution in [1.29, 1.82) is 0 Å². The molecule has 0 bridgehead atoms. The van der Waals surface area contributed by atoms with Gasteiger partial charge < -0.3 is 9.15 Å². The lowest BCUT2D eigenvalue weighted by Crippen LogP contribution is -2.14. The van der Waals surface area contributed by atoms with E-state index in [9.17, 15) is 8.42 Å². The van der Waals surface area contributed by atoms with Gasteiger partial charge in [-0.2, -0.15) is 0 Å². The fraction of sp³-hybridized carbons (Fsp3) is 0.273. The Morgan fingerprint density at radius 1 is 1.32 bits per heavy atom. The van der Waals surface area contributed by atoms with Gasteiger partial charge in [-0.3, -0.25) is 0 Å². The van der Waals surface area contributed by atoms with Crippen LogP contribution in [0.2, 0.25) is 0 Å². The van der Waals surface area contributed by atoms with Crippen molar-refractivity contribution in [3.05, 3.63) is 35.5 Å². The SMILES string of the molecule is Cc1ccc(OCc2nnc(C)o2)c(S(N)(=O)=O)c1.